The van der Waals surface area contributed by atoms with Gasteiger partial charge in [0.2, 0.25) is 0 Å². The molecule has 2 aromatic carbocycles. The van der Waals surface area contributed by atoms with Crippen molar-refractivity contribution in [3.63, 3.8) is 0 Å². The molecule has 0 unspecified atom stereocenters. The normalized spacial score (nSPS) is 10.1. The Kier molecular flexibility index (Phi) is 7.58. The lowest BCUT2D eigenvalue weighted by Crippen LogP contribution is -2.49. The molecule has 0 aliphatic heterocycles. The molecule has 0 saturated carbocycles. The lowest BCUT2D eigenvalue weighted by atomic mass is 10.1. The molecule has 0 atom stereocenters. The zero-order valence-electron chi connectivity index (χ0n) is 14.6. The van der Waals surface area contributed by atoms with Crippen molar-refractivity contribution in [2.24, 2.45) is 0 Å². The Morgan fingerprint density at radius 3 is 2.52 bits per heavy atom. The molecule has 0 radical (unpaired) electrons. The molecule has 3 N–H and O–H groups in total. The van der Waals surface area contributed by atoms with Gasteiger partial charge < -0.3 is 4.74 Å². The second-order valence-corrected chi connectivity index (χ2v) is 7.32. The largest absolute Gasteiger partial charge is 0.483 e. The summed E-state index contributed by atoms with van der Waals surface area (Å²) in [5.74, 6) is -0.301. The van der Waals surface area contributed by atoms with Gasteiger partial charge in [0.25, 0.3) is 11.8 Å². The van der Waals surface area contributed by atoms with E-state index in [1.54, 1.807) is 30.3 Å². The molecule has 0 aliphatic rings. The third kappa shape index (κ3) is 6.50. The molecule has 9 heteroatoms. The van der Waals surface area contributed by atoms with Crippen LogP contribution in [0.3, 0.4) is 0 Å². The Bertz CT molecular complexity index is 892. The first-order valence-electron chi connectivity index (χ1n) is 7.81. The van der Waals surface area contributed by atoms with Crippen LogP contribution in [0.15, 0.2) is 40.9 Å². The molecule has 0 spiro atoms. The fourth-order valence-corrected chi connectivity index (χ4v) is 2.77. The fraction of sp³-hybridized carbons (Fsp3) is 0.167. The van der Waals surface area contributed by atoms with Crippen LogP contribution in [-0.4, -0.2) is 23.5 Å². The van der Waals surface area contributed by atoms with Crippen LogP contribution in [0.4, 0.5) is 0 Å². The van der Waals surface area contributed by atoms with E-state index in [1.807, 2.05) is 19.9 Å². The van der Waals surface area contributed by atoms with Crippen LogP contribution in [0.25, 0.3) is 0 Å². The summed E-state index contributed by atoms with van der Waals surface area (Å²) >= 11 is 14.2. The maximum Gasteiger partial charge on any atom is 0.276 e. The number of hydrazine groups is 1. The van der Waals surface area contributed by atoms with Crippen LogP contribution >= 0.6 is 39.7 Å². The Labute approximate surface area is 175 Å². The van der Waals surface area contributed by atoms with E-state index in [9.17, 15) is 9.59 Å². The van der Waals surface area contributed by atoms with Gasteiger partial charge in [0.1, 0.15) is 5.75 Å². The molecule has 0 aliphatic carbocycles. The molecule has 6 nitrogen and oxygen atoms in total. The number of carbonyl (C=O) groups excluding carboxylic acids is 2. The second kappa shape index (κ2) is 9.68. The molecule has 0 fully saturated rings. The molecular formula is C18H17BrClN3O3S. The molecule has 142 valence electrons. The van der Waals surface area contributed by atoms with Gasteiger partial charge in [-0.25, -0.2) is 0 Å². The van der Waals surface area contributed by atoms with Crippen LogP contribution in [-0.2, 0) is 4.79 Å². The van der Waals surface area contributed by atoms with Gasteiger partial charge in [-0.1, -0.05) is 33.6 Å². The first-order chi connectivity index (χ1) is 12.8. The maximum atomic E-state index is 12.1. The number of aryl methyl sites for hydroxylation is 2. The average Bonchev–Trinajstić information content (AvgIpc) is 2.61. The van der Waals surface area contributed by atoms with Gasteiger partial charge in [-0.15, -0.1) is 0 Å². The molecule has 0 aromatic heterocycles. The number of hydrogen-bond donors (Lipinski definition) is 3. The quantitative estimate of drug-likeness (QED) is 0.471. The predicted octanol–water partition coefficient (Wildman–Crippen LogP) is 3.43. The summed E-state index contributed by atoms with van der Waals surface area (Å²) in [6.07, 6.45) is 0. The maximum absolute atomic E-state index is 12.1. The van der Waals surface area contributed by atoms with Crippen molar-refractivity contribution in [3.8, 4) is 5.75 Å². The summed E-state index contributed by atoms with van der Waals surface area (Å²) in [4.78, 5) is 24.0. The third-order valence-corrected chi connectivity index (χ3v) is 4.77. The Morgan fingerprint density at radius 2 is 1.85 bits per heavy atom. The van der Waals surface area contributed by atoms with E-state index in [2.05, 4.69) is 32.1 Å². The van der Waals surface area contributed by atoms with Crippen LogP contribution in [0.5, 0.6) is 5.75 Å². The van der Waals surface area contributed by atoms with Crippen LogP contribution in [0.2, 0.25) is 5.02 Å². The first kappa shape index (κ1) is 21.1. The van der Waals surface area contributed by atoms with Gasteiger partial charge >= 0.3 is 0 Å². The molecule has 2 aromatic rings. The number of thiocarbonyl (C=S) groups is 1. The lowest BCUT2D eigenvalue weighted by molar-refractivity contribution is -0.123. The summed E-state index contributed by atoms with van der Waals surface area (Å²) in [6, 6.07) is 10.3. The minimum absolute atomic E-state index is 0.0345. The van der Waals surface area contributed by atoms with Gasteiger partial charge in [-0.3, -0.25) is 25.8 Å². The first-order valence-corrected chi connectivity index (χ1v) is 9.39. The predicted molar refractivity (Wildman–Crippen MR) is 112 cm³/mol. The van der Waals surface area contributed by atoms with E-state index in [1.165, 1.54) is 0 Å². The molecular weight excluding hydrogens is 454 g/mol. The highest BCUT2D eigenvalue weighted by atomic mass is 79.9. The Balaban J connectivity index is 1.78. The number of nitrogens with one attached hydrogen (secondary N) is 3. The van der Waals surface area contributed by atoms with E-state index in [-0.39, 0.29) is 11.7 Å². The van der Waals surface area contributed by atoms with Crippen molar-refractivity contribution in [3.05, 3.63) is 62.6 Å². The Hall–Kier alpha value is -2.16. The van der Waals surface area contributed by atoms with Gasteiger partial charge in [0, 0.05) is 15.1 Å². The average molecular weight is 471 g/mol. The second-order valence-electron chi connectivity index (χ2n) is 5.62. The number of ether oxygens (including phenoxy) is 1. The van der Waals surface area contributed by atoms with Gasteiger partial charge in [0.15, 0.2) is 11.7 Å². The van der Waals surface area contributed by atoms with Crippen LogP contribution in [0.1, 0.15) is 21.5 Å². The van der Waals surface area contributed by atoms with Crippen molar-refractivity contribution in [2.75, 3.05) is 6.61 Å². The summed E-state index contributed by atoms with van der Waals surface area (Å²) in [5.41, 5.74) is 7.07. The van der Waals surface area contributed by atoms with E-state index in [0.29, 0.717) is 16.3 Å². The number of amides is 2. The standard InChI is InChI=1S/C18H17BrClN3O3S/c1-10-3-4-12(8-14(10)19)17(25)21-18(27)23-22-16(24)9-26-15-6-5-13(20)7-11(15)2/h3-8H,9H2,1-2H3,(H,22,24)(H2,21,23,25,27). The molecule has 0 bridgehead atoms. The van der Waals surface area contributed by atoms with E-state index in [0.717, 1.165) is 15.6 Å². The molecule has 2 rings (SSSR count). The summed E-state index contributed by atoms with van der Waals surface area (Å²) in [5, 5.41) is 3.03. The number of hydrogen-bond acceptors (Lipinski definition) is 4. The fourth-order valence-electron chi connectivity index (χ4n) is 2.02. The van der Waals surface area contributed by atoms with E-state index in [4.69, 9.17) is 28.6 Å². The monoisotopic (exact) mass is 469 g/mol. The summed E-state index contributed by atoms with van der Waals surface area (Å²) < 4.78 is 6.23. The lowest BCUT2D eigenvalue weighted by Gasteiger charge is -2.12. The highest BCUT2D eigenvalue weighted by Gasteiger charge is 2.10. The van der Waals surface area contributed by atoms with Crippen LogP contribution in [0, 0.1) is 13.8 Å². The van der Waals surface area contributed by atoms with Gasteiger partial charge in [-0.05, 0) is 67.5 Å². The molecule has 27 heavy (non-hydrogen) atoms. The Morgan fingerprint density at radius 1 is 1.11 bits per heavy atom. The summed E-state index contributed by atoms with van der Waals surface area (Å²) in [7, 11) is 0. The number of halogens is 2. The topological polar surface area (TPSA) is 79.5 Å². The number of carbonyl (C=O) groups is 2. The van der Waals surface area contributed by atoms with E-state index >= 15 is 0 Å². The minimum atomic E-state index is -0.459. The minimum Gasteiger partial charge on any atom is -0.483 e. The zero-order valence-corrected chi connectivity index (χ0v) is 17.7. The smallest absolute Gasteiger partial charge is 0.276 e. The van der Waals surface area contributed by atoms with Crippen LogP contribution < -0.4 is 20.9 Å². The zero-order chi connectivity index (χ0) is 20.0. The van der Waals surface area contributed by atoms with Crippen molar-refractivity contribution >= 4 is 56.7 Å². The SMILES string of the molecule is Cc1ccc(C(=O)NC(=S)NNC(=O)COc2ccc(Cl)cc2C)cc1Br. The van der Waals surface area contributed by atoms with Crippen molar-refractivity contribution in [1.29, 1.82) is 0 Å². The molecule has 0 saturated heterocycles. The summed E-state index contributed by atoms with van der Waals surface area (Å²) in [6.45, 7) is 3.52. The number of rotatable bonds is 4. The van der Waals surface area contributed by atoms with Gasteiger partial charge in [-0.2, -0.15) is 0 Å². The molecule has 0 heterocycles. The van der Waals surface area contributed by atoms with Gasteiger partial charge in [0.05, 0.1) is 0 Å². The van der Waals surface area contributed by atoms with Crippen molar-refractivity contribution < 1.29 is 14.3 Å². The number of benzene rings is 2. The third-order valence-electron chi connectivity index (χ3n) is 3.47. The van der Waals surface area contributed by atoms with E-state index < -0.39 is 11.8 Å². The highest BCUT2D eigenvalue weighted by Crippen LogP contribution is 2.21. The van der Waals surface area contributed by atoms with Crippen molar-refractivity contribution in [2.45, 2.75) is 13.8 Å². The molecule has 2 amide bonds. The van der Waals surface area contributed by atoms with Crippen molar-refractivity contribution in [1.82, 2.24) is 16.2 Å². The highest BCUT2D eigenvalue weighted by molar-refractivity contribution is 9.10.